The molecule has 0 unspecified atom stereocenters. The molecule has 0 atom stereocenters. The standard InChI is InChI=1S/C19H20ClNO3/c1-3-11-21-19(22)14-9-10-17(23-4-2)15(12-14)13-24-18-8-6-5-7-16(18)20/h3,5-10,12H,1,4,11,13H2,2H3,(H,21,22). The minimum atomic E-state index is -0.169. The van der Waals surface area contributed by atoms with Crippen LogP contribution in [0.3, 0.4) is 0 Å². The van der Waals surface area contributed by atoms with Crippen molar-refractivity contribution in [2.45, 2.75) is 13.5 Å². The molecule has 0 aliphatic heterocycles. The number of ether oxygens (including phenoxy) is 2. The third-order valence-corrected chi connectivity index (χ3v) is 3.56. The summed E-state index contributed by atoms with van der Waals surface area (Å²) in [5.74, 6) is 1.10. The first-order chi connectivity index (χ1) is 11.7. The molecule has 2 aromatic rings. The van der Waals surface area contributed by atoms with Gasteiger partial charge in [0.05, 0.1) is 11.6 Å². The van der Waals surface area contributed by atoms with Crippen LogP contribution in [-0.2, 0) is 6.61 Å². The first-order valence-corrected chi connectivity index (χ1v) is 8.05. The van der Waals surface area contributed by atoms with Gasteiger partial charge in [-0.15, -0.1) is 6.58 Å². The highest BCUT2D eigenvalue weighted by Crippen LogP contribution is 2.27. The Labute approximate surface area is 147 Å². The lowest BCUT2D eigenvalue weighted by Crippen LogP contribution is -2.23. The maximum absolute atomic E-state index is 12.1. The van der Waals surface area contributed by atoms with Crippen LogP contribution in [0.1, 0.15) is 22.8 Å². The monoisotopic (exact) mass is 345 g/mol. The van der Waals surface area contributed by atoms with Crippen LogP contribution in [0.5, 0.6) is 11.5 Å². The lowest BCUT2D eigenvalue weighted by atomic mass is 10.1. The van der Waals surface area contributed by atoms with E-state index in [1.54, 1.807) is 36.4 Å². The van der Waals surface area contributed by atoms with E-state index in [0.717, 1.165) is 5.56 Å². The zero-order valence-corrected chi connectivity index (χ0v) is 14.3. The molecule has 0 saturated heterocycles. The molecule has 0 spiro atoms. The summed E-state index contributed by atoms with van der Waals surface area (Å²) in [6.07, 6.45) is 1.63. The third-order valence-electron chi connectivity index (χ3n) is 3.25. The van der Waals surface area contributed by atoms with Crippen LogP contribution >= 0.6 is 11.6 Å². The summed E-state index contributed by atoms with van der Waals surface area (Å²) < 4.78 is 11.4. The molecule has 4 nitrogen and oxygen atoms in total. The van der Waals surface area contributed by atoms with Crippen molar-refractivity contribution < 1.29 is 14.3 Å². The highest BCUT2D eigenvalue weighted by molar-refractivity contribution is 6.32. The van der Waals surface area contributed by atoms with E-state index >= 15 is 0 Å². The number of rotatable bonds is 8. The Kier molecular flexibility index (Phi) is 6.70. The summed E-state index contributed by atoms with van der Waals surface area (Å²) >= 11 is 6.10. The first-order valence-electron chi connectivity index (χ1n) is 7.67. The minimum Gasteiger partial charge on any atom is -0.493 e. The van der Waals surface area contributed by atoms with E-state index in [-0.39, 0.29) is 12.5 Å². The molecule has 126 valence electrons. The summed E-state index contributed by atoms with van der Waals surface area (Å²) in [5, 5.41) is 3.29. The number of hydrogen-bond donors (Lipinski definition) is 1. The summed E-state index contributed by atoms with van der Waals surface area (Å²) in [7, 11) is 0. The van der Waals surface area contributed by atoms with Crippen LogP contribution in [0, 0.1) is 0 Å². The molecule has 5 heteroatoms. The molecule has 0 aliphatic carbocycles. The summed E-state index contributed by atoms with van der Waals surface area (Å²) in [6, 6.07) is 12.5. The number of carbonyl (C=O) groups is 1. The van der Waals surface area contributed by atoms with Gasteiger partial charge in [0.15, 0.2) is 0 Å². The molecule has 0 heterocycles. The fraction of sp³-hybridized carbons (Fsp3) is 0.211. The first kappa shape index (κ1) is 17.9. The predicted molar refractivity (Wildman–Crippen MR) is 95.9 cm³/mol. The van der Waals surface area contributed by atoms with Crippen LogP contribution in [0.15, 0.2) is 55.1 Å². The lowest BCUT2D eigenvalue weighted by molar-refractivity contribution is 0.0958. The Morgan fingerprint density at radius 1 is 1.21 bits per heavy atom. The third kappa shape index (κ3) is 4.77. The number of hydrogen-bond acceptors (Lipinski definition) is 3. The molecule has 24 heavy (non-hydrogen) atoms. The smallest absolute Gasteiger partial charge is 0.251 e. The van der Waals surface area contributed by atoms with Crippen LogP contribution in [0.25, 0.3) is 0 Å². The van der Waals surface area contributed by atoms with E-state index in [4.69, 9.17) is 21.1 Å². The largest absolute Gasteiger partial charge is 0.493 e. The van der Waals surface area contributed by atoms with Gasteiger partial charge in [-0.1, -0.05) is 29.8 Å². The number of carbonyl (C=O) groups excluding carboxylic acids is 1. The van der Waals surface area contributed by atoms with E-state index in [0.29, 0.717) is 35.2 Å². The van der Waals surface area contributed by atoms with Crippen molar-refractivity contribution in [3.8, 4) is 11.5 Å². The summed E-state index contributed by atoms with van der Waals surface area (Å²) in [4.78, 5) is 12.1. The van der Waals surface area contributed by atoms with Crippen LogP contribution in [-0.4, -0.2) is 19.1 Å². The Hall–Kier alpha value is -2.46. The number of nitrogens with one attached hydrogen (secondary N) is 1. The van der Waals surface area contributed by atoms with Crippen molar-refractivity contribution in [2.24, 2.45) is 0 Å². The topological polar surface area (TPSA) is 47.6 Å². The van der Waals surface area contributed by atoms with E-state index in [9.17, 15) is 4.79 Å². The molecule has 0 fully saturated rings. The molecule has 0 aliphatic rings. The Morgan fingerprint density at radius 3 is 2.71 bits per heavy atom. The van der Waals surface area contributed by atoms with Gasteiger partial charge >= 0.3 is 0 Å². The van der Waals surface area contributed by atoms with E-state index in [2.05, 4.69) is 11.9 Å². The van der Waals surface area contributed by atoms with Gasteiger partial charge < -0.3 is 14.8 Å². The van der Waals surface area contributed by atoms with Crippen LogP contribution in [0.2, 0.25) is 5.02 Å². The van der Waals surface area contributed by atoms with Crippen molar-refractivity contribution >= 4 is 17.5 Å². The molecule has 1 amide bonds. The normalized spacial score (nSPS) is 10.1. The van der Waals surface area contributed by atoms with Crippen LogP contribution in [0.4, 0.5) is 0 Å². The molecule has 0 bridgehead atoms. The zero-order valence-electron chi connectivity index (χ0n) is 13.5. The molecule has 0 saturated carbocycles. The molecular formula is C19H20ClNO3. The van der Waals surface area contributed by atoms with Gasteiger partial charge in [-0.25, -0.2) is 0 Å². The zero-order chi connectivity index (χ0) is 17.4. The molecule has 0 radical (unpaired) electrons. The second-order valence-electron chi connectivity index (χ2n) is 4.97. The Bertz CT molecular complexity index is 716. The quantitative estimate of drug-likeness (QED) is 0.728. The fourth-order valence-electron chi connectivity index (χ4n) is 2.11. The van der Waals surface area contributed by atoms with Crippen LogP contribution < -0.4 is 14.8 Å². The highest BCUT2D eigenvalue weighted by atomic mass is 35.5. The molecule has 0 aromatic heterocycles. The Balaban J connectivity index is 2.19. The van der Waals surface area contributed by atoms with Gasteiger partial charge in [0.1, 0.15) is 18.1 Å². The van der Waals surface area contributed by atoms with Crippen molar-refractivity contribution in [3.63, 3.8) is 0 Å². The van der Waals surface area contributed by atoms with E-state index in [1.165, 1.54) is 0 Å². The Morgan fingerprint density at radius 2 is 2.00 bits per heavy atom. The maximum Gasteiger partial charge on any atom is 0.251 e. The predicted octanol–water partition coefficient (Wildman–Crippen LogP) is 4.23. The number of amides is 1. The van der Waals surface area contributed by atoms with Gasteiger partial charge in [0.2, 0.25) is 0 Å². The minimum absolute atomic E-state index is 0.169. The maximum atomic E-state index is 12.1. The van der Waals surface area contributed by atoms with E-state index < -0.39 is 0 Å². The summed E-state index contributed by atoms with van der Waals surface area (Å²) in [6.45, 7) is 6.69. The van der Waals surface area contributed by atoms with Gasteiger partial charge in [-0.2, -0.15) is 0 Å². The van der Waals surface area contributed by atoms with Gasteiger partial charge in [-0.05, 0) is 37.3 Å². The van der Waals surface area contributed by atoms with Crippen molar-refractivity contribution in [3.05, 3.63) is 71.3 Å². The second kappa shape index (κ2) is 8.99. The lowest BCUT2D eigenvalue weighted by Gasteiger charge is -2.14. The highest BCUT2D eigenvalue weighted by Gasteiger charge is 2.11. The fourth-order valence-corrected chi connectivity index (χ4v) is 2.30. The second-order valence-corrected chi connectivity index (χ2v) is 5.38. The molecule has 1 N–H and O–H groups in total. The number of benzene rings is 2. The molecule has 2 aromatic carbocycles. The summed E-state index contributed by atoms with van der Waals surface area (Å²) in [5.41, 5.74) is 1.32. The van der Waals surface area contributed by atoms with Crippen molar-refractivity contribution in [2.75, 3.05) is 13.2 Å². The number of para-hydroxylation sites is 1. The molecule has 2 rings (SSSR count). The van der Waals surface area contributed by atoms with Gasteiger partial charge in [0, 0.05) is 17.7 Å². The van der Waals surface area contributed by atoms with E-state index in [1.807, 2.05) is 19.1 Å². The van der Waals surface area contributed by atoms with Gasteiger partial charge in [0.25, 0.3) is 5.91 Å². The SMILES string of the molecule is C=CCNC(=O)c1ccc(OCC)c(COc2ccccc2Cl)c1. The van der Waals surface area contributed by atoms with Gasteiger partial charge in [-0.3, -0.25) is 4.79 Å². The van der Waals surface area contributed by atoms with Crippen molar-refractivity contribution in [1.82, 2.24) is 5.32 Å². The molecular weight excluding hydrogens is 326 g/mol. The van der Waals surface area contributed by atoms with Crippen molar-refractivity contribution in [1.29, 1.82) is 0 Å². The average molecular weight is 346 g/mol. The number of halogens is 1. The average Bonchev–Trinajstić information content (AvgIpc) is 2.60.